The summed E-state index contributed by atoms with van der Waals surface area (Å²) in [6, 6.07) is 5.22. The van der Waals surface area contributed by atoms with Gasteiger partial charge in [-0.25, -0.2) is 0 Å². The van der Waals surface area contributed by atoms with Gasteiger partial charge in [0.1, 0.15) is 0 Å². The molecule has 0 fully saturated rings. The third kappa shape index (κ3) is 4.69. The van der Waals surface area contributed by atoms with Gasteiger partial charge in [0, 0.05) is 19.2 Å². The number of benzene rings is 1. The highest BCUT2D eigenvalue weighted by Gasteiger charge is 2.05. The van der Waals surface area contributed by atoms with E-state index in [0.29, 0.717) is 22.2 Å². The van der Waals surface area contributed by atoms with Crippen LogP contribution in [0.5, 0.6) is 0 Å². The van der Waals surface area contributed by atoms with Gasteiger partial charge in [-0.1, -0.05) is 35.3 Å². The fraction of sp³-hybridized carbons (Fsp3) is 0.308. The summed E-state index contributed by atoms with van der Waals surface area (Å²) in [6.45, 7) is 2.33. The number of methoxy groups -OCH3 is 1. The van der Waals surface area contributed by atoms with Gasteiger partial charge in [-0.2, -0.15) is 0 Å². The van der Waals surface area contributed by atoms with E-state index in [1.165, 1.54) is 6.08 Å². The molecular weight excluding hydrogens is 273 g/mol. The number of rotatable bonds is 5. The largest absolute Gasteiger partial charge is 0.383 e. The average Bonchev–Trinajstić information content (AvgIpc) is 2.31. The lowest BCUT2D eigenvalue weighted by atomic mass is 10.2. The molecule has 1 rings (SSSR count). The maximum atomic E-state index is 11.6. The number of carbonyl (C=O) groups is 1. The molecule has 1 N–H and O–H groups in total. The first-order valence-corrected chi connectivity index (χ1v) is 6.21. The van der Waals surface area contributed by atoms with Crippen molar-refractivity contribution in [3.05, 3.63) is 39.9 Å². The summed E-state index contributed by atoms with van der Waals surface area (Å²) >= 11 is 11.9. The van der Waals surface area contributed by atoms with E-state index in [1.54, 1.807) is 31.4 Å². The minimum absolute atomic E-state index is 0.0398. The second-order valence-electron chi connectivity index (χ2n) is 3.84. The SMILES string of the molecule is COCC(C)NC(=O)C=Cc1cccc(Cl)c1Cl. The van der Waals surface area contributed by atoms with E-state index in [4.69, 9.17) is 27.9 Å². The van der Waals surface area contributed by atoms with Crippen molar-refractivity contribution in [2.75, 3.05) is 13.7 Å². The average molecular weight is 288 g/mol. The quantitative estimate of drug-likeness (QED) is 0.845. The summed E-state index contributed by atoms with van der Waals surface area (Å²) in [7, 11) is 1.59. The first kappa shape index (κ1) is 15.0. The molecule has 0 aromatic heterocycles. The standard InChI is InChI=1S/C13H15Cl2NO2/c1-9(8-18-2)16-12(17)7-6-10-4-3-5-11(14)13(10)15/h3-7,9H,8H2,1-2H3,(H,16,17). The molecule has 0 aliphatic rings. The first-order chi connectivity index (χ1) is 8.54. The zero-order chi connectivity index (χ0) is 13.5. The number of hydrogen-bond donors (Lipinski definition) is 1. The van der Waals surface area contributed by atoms with Gasteiger partial charge in [-0.15, -0.1) is 0 Å². The van der Waals surface area contributed by atoms with Crippen LogP contribution in [0.1, 0.15) is 12.5 Å². The van der Waals surface area contributed by atoms with Crippen LogP contribution in [0.15, 0.2) is 24.3 Å². The highest BCUT2D eigenvalue weighted by atomic mass is 35.5. The molecule has 98 valence electrons. The molecule has 18 heavy (non-hydrogen) atoms. The Kier molecular flexibility index (Phi) is 6.19. The lowest BCUT2D eigenvalue weighted by Gasteiger charge is -2.10. The minimum Gasteiger partial charge on any atom is -0.383 e. The molecule has 0 heterocycles. The molecule has 0 radical (unpaired) electrons. The van der Waals surface area contributed by atoms with E-state index < -0.39 is 0 Å². The van der Waals surface area contributed by atoms with Gasteiger partial charge in [-0.3, -0.25) is 4.79 Å². The van der Waals surface area contributed by atoms with Crippen LogP contribution in [-0.2, 0) is 9.53 Å². The molecule has 0 saturated heterocycles. The van der Waals surface area contributed by atoms with E-state index in [2.05, 4.69) is 5.32 Å². The molecule has 1 aromatic carbocycles. The normalized spacial score (nSPS) is 12.7. The van der Waals surface area contributed by atoms with Crippen molar-refractivity contribution in [1.82, 2.24) is 5.32 Å². The van der Waals surface area contributed by atoms with Crippen LogP contribution in [0.3, 0.4) is 0 Å². The minimum atomic E-state index is -0.199. The van der Waals surface area contributed by atoms with Gasteiger partial charge in [0.05, 0.1) is 16.7 Å². The van der Waals surface area contributed by atoms with Gasteiger partial charge < -0.3 is 10.1 Å². The summed E-state index contributed by atoms with van der Waals surface area (Å²) in [5.74, 6) is -0.199. The van der Waals surface area contributed by atoms with Crippen LogP contribution < -0.4 is 5.32 Å². The van der Waals surface area contributed by atoms with Crippen molar-refractivity contribution in [3.63, 3.8) is 0 Å². The molecular formula is C13H15Cl2NO2. The van der Waals surface area contributed by atoms with Gasteiger partial charge in [0.25, 0.3) is 0 Å². The first-order valence-electron chi connectivity index (χ1n) is 5.46. The maximum Gasteiger partial charge on any atom is 0.244 e. The second kappa shape index (κ2) is 7.41. The number of hydrogen-bond acceptors (Lipinski definition) is 2. The Morgan fingerprint density at radius 2 is 2.22 bits per heavy atom. The molecule has 3 nitrogen and oxygen atoms in total. The third-order valence-corrected chi connectivity index (χ3v) is 3.03. The molecule has 1 atom stereocenters. The molecule has 1 unspecified atom stereocenters. The number of carbonyl (C=O) groups excluding carboxylic acids is 1. The zero-order valence-electron chi connectivity index (χ0n) is 10.2. The Hall–Kier alpha value is -1.03. The predicted molar refractivity (Wildman–Crippen MR) is 75.0 cm³/mol. The van der Waals surface area contributed by atoms with Crippen LogP contribution in [-0.4, -0.2) is 25.7 Å². The highest BCUT2D eigenvalue weighted by molar-refractivity contribution is 6.42. The fourth-order valence-electron chi connectivity index (χ4n) is 1.40. The van der Waals surface area contributed by atoms with Crippen LogP contribution in [0, 0.1) is 0 Å². The second-order valence-corrected chi connectivity index (χ2v) is 4.63. The van der Waals surface area contributed by atoms with E-state index in [0.717, 1.165) is 0 Å². The molecule has 0 spiro atoms. The molecule has 5 heteroatoms. The lowest BCUT2D eigenvalue weighted by molar-refractivity contribution is -0.117. The van der Waals surface area contributed by atoms with Crippen molar-refractivity contribution in [2.45, 2.75) is 13.0 Å². The van der Waals surface area contributed by atoms with Gasteiger partial charge in [0.15, 0.2) is 0 Å². The molecule has 1 amide bonds. The number of ether oxygens (including phenoxy) is 1. The van der Waals surface area contributed by atoms with Crippen molar-refractivity contribution < 1.29 is 9.53 Å². The summed E-state index contributed by atoms with van der Waals surface area (Å²) in [5, 5.41) is 3.66. The Bertz CT molecular complexity index is 447. The highest BCUT2D eigenvalue weighted by Crippen LogP contribution is 2.26. The Morgan fingerprint density at radius 1 is 1.50 bits per heavy atom. The van der Waals surface area contributed by atoms with Crippen molar-refractivity contribution >= 4 is 35.2 Å². The predicted octanol–water partition coefficient (Wildman–Crippen LogP) is 3.16. The maximum absolute atomic E-state index is 11.6. The summed E-state index contributed by atoms with van der Waals surface area (Å²) in [4.78, 5) is 11.6. The number of nitrogens with one attached hydrogen (secondary N) is 1. The molecule has 0 saturated carbocycles. The summed E-state index contributed by atoms with van der Waals surface area (Å²) < 4.78 is 4.92. The van der Waals surface area contributed by atoms with Crippen LogP contribution >= 0.6 is 23.2 Å². The zero-order valence-corrected chi connectivity index (χ0v) is 11.8. The monoisotopic (exact) mass is 287 g/mol. The summed E-state index contributed by atoms with van der Waals surface area (Å²) in [6.07, 6.45) is 3.05. The van der Waals surface area contributed by atoms with E-state index in [1.807, 2.05) is 6.92 Å². The number of halogens is 2. The van der Waals surface area contributed by atoms with Gasteiger partial charge in [0.2, 0.25) is 5.91 Å². The smallest absolute Gasteiger partial charge is 0.244 e. The Labute approximate surface area is 117 Å². The Balaban J connectivity index is 2.64. The lowest BCUT2D eigenvalue weighted by Crippen LogP contribution is -2.34. The fourth-order valence-corrected chi connectivity index (χ4v) is 1.77. The van der Waals surface area contributed by atoms with Crippen LogP contribution in [0.25, 0.3) is 6.08 Å². The topological polar surface area (TPSA) is 38.3 Å². The van der Waals surface area contributed by atoms with E-state index in [9.17, 15) is 4.79 Å². The van der Waals surface area contributed by atoms with E-state index >= 15 is 0 Å². The van der Waals surface area contributed by atoms with Gasteiger partial charge >= 0.3 is 0 Å². The van der Waals surface area contributed by atoms with Crippen LogP contribution in [0.4, 0.5) is 0 Å². The third-order valence-electron chi connectivity index (χ3n) is 2.20. The van der Waals surface area contributed by atoms with E-state index in [-0.39, 0.29) is 11.9 Å². The molecule has 0 aliphatic carbocycles. The van der Waals surface area contributed by atoms with Gasteiger partial charge in [-0.05, 0) is 24.6 Å². The van der Waals surface area contributed by atoms with Crippen LogP contribution in [0.2, 0.25) is 10.0 Å². The Morgan fingerprint density at radius 3 is 2.89 bits per heavy atom. The molecule has 0 bridgehead atoms. The number of amides is 1. The van der Waals surface area contributed by atoms with Crippen molar-refractivity contribution in [1.29, 1.82) is 0 Å². The van der Waals surface area contributed by atoms with Crippen molar-refractivity contribution in [2.24, 2.45) is 0 Å². The molecule has 1 aromatic rings. The van der Waals surface area contributed by atoms with Crippen molar-refractivity contribution in [3.8, 4) is 0 Å². The summed E-state index contributed by atoms with van der Waals surface area (Å²) in [5.41, 5.74) is 0.707. The molecule has 0 aliphatic heterocycles.